The van der Waals surface area contributed by atoms with Crippen LogP contribution in [-0.2, 0) is 0 Å². The Morgan fingerprint density at radius 2 is 1.71 bits per heavy atom. The van der Waals surface area contributed by atoms with Gasteiger partial charge in [0.2, 0.25) is 0 Å². The molecule has 0 aliphatic heterocycles. The van der Waals surface area contributed by atoms with Crippen molar-refractivity contribution in [3.63, 3.8) is 0 Å². The van der Waals surface area contributed by atoms with E-state index in [4.69, 9.17) is 12.2 Å². The molecule has 0 aliphatic rings. The number of thiocarbonyl (C=S) groups is 1. The molecule has 0 radical (unpaired) electrons. The highest BCUT2D eigenvalue weighted by Gasteiger charge is 2.04. The van der Waals surface area contributed by atoms with Crippen LogP contribution < -0.4 is 10.6 Å². The summed E-state index contributed by atoms with van der Waals surface area (Å²) in [7, 11) is 0. The molecule has 2 aromatic rings. The number of halogens is 2. The van der Waals surface area contributed by atoms with Gasteiger partial charge in [-0.15, -0.1) is 0 Å². The van der Waals surface area contributed by atoms with Gasteiger partial charge in [0, 0.05) is 20.2 Å². The second-order valence-corrected chi connectivity index (χ2v) is 6.52. The average Bonchev–Trinajstić information content (AvgIpc) is 2.42. The van der Waals surface area contributed by atoms with E-state index in [9.17, 15) is 4.79 Å². The smallest absolute Gasteiger partial charge is 0.175 e. The van der Waals surface area contributed by atoms with Crippen molar-refractivity contribution in [3.8, 4) is 0 Å². The van der Waals surface area contributed by atoms with E-state index in [2.05, 4.69) is 42.5 Å². The fourth-order valence-corrected chi connectivity index (χ4v) is 3.04. The first kappa shape index (κ1) is 16.1. The Bertz CT molecular complexity index is 687. The maximum Gasteiger partial charge on any atom is 0.175 e. The molecule has 0 atom stereocenters. The molecular weight excluding hydrogens is 416 g/mol. The van der Waals surface area contributed by atoms with Crippen molar-refractivity contribution in [1.82, 2.24) is 0 Å². The third kappa shape index (κ3) is 4.62. The molecule has 0 amide bonds. The summed E-state index contributed by atoms with van der Waals surface area (Å²) in [6, 6.07) is 13.0. The molecule has 0 bridgehead atoms. The minimum Gasteiger partial charge on any atom is -0.332 e. The monoisotopic (exact) mass is 426 g/mol. The zero-order valence-electron chi connectivity index (χ0n) is 11.1. The number of nitrogens with one attached hydrogen (secondary N) is 2. The standard InChI is InChI=1S/C15H12Br2N2OS/c1-9(20)10-2-5-12(6-3-10)18-15(21)19-14-7-4-11(16)8-13(14)17/h2-8H,1H3,(H2,18,19,21). The quantitative estimate of drug-likeness (QED) is 0.520. The normalized spacial score (nSPS) is 10.0. The number of carbonyl (C=O) groups is 1. The highest BCUT2D eigenvalue weighted by Crippen LogP contribution is 2.26. The molecule has 0 saturated carbocycles. The van der Waals surface area contributed by atoms with Crippen LogP contribution in [-0.4, -0.2) is 10.9 Å². The second-order valence-electron chi connectivity index (χ2n) is 4.34. The minimum absolute atomic E-state index is 0.0426. The molecule has 3 nitrogen and oxygen atoms in total. The fraction of sp³-hybridized carbons (Fsp3) is 0.0667. The lowest BCUT2D eigenvalue weighted by atomic mass is 10.1. The molecule has 0 heterocycles. The second kappa shape index (κ2) is 7.15. The van der Waals surface area contributed by atoms with Gasteiger partial charge in [-0.2, -0.15) is 0 Å². The summed E-state index contributed by atoms with van der Waals surface area (Å²) in [5, 5.41) is 6.66. The van der Waals surface area contributed by atoms with E-state index in [0.717, 1.165) is 20.3 Å². The van der Waals surface area contributed by atoms with Gasteiger partial charge in [0.1, 0.15) is 0 Å². The molecule has 0 aromatic heterocycles. The molecule has 0 aliphatic carbocycles. The van der Waals surface area contributed by atoms with Crippen molar-refractivity contribution < 1.29 is 4.79 Å². The van der Waals surface area contributed by atoms with Crippen LogP contribution in [0.5, 0.6) is 0 Å². The van der Waals surface area contributed by atoms with Gasteiger partial charge in [-0.1, -0.05) is 15.9 Å². The van der Waals surface area contributed by atoms with E-state index in [1.54, 1.807) is 19.1 Å². The number of carbonyl (C=O) groups excluding carboxylic acids is 1. The number of hydrogen-bond acceptors (Lipinski definition) is 2. The Balaban J connectivity index is 2.02. The number of benzene rings is 2. The summed E-state index contributed by atoms with van der Waals surface area (Å²) < 4.78 is 1.89. The van der Waals surface area contributed by atoms with Crippen LogP contribution in [0.4, 0.5) is 11.4 Å². The SMILES string of the molecule is CC(=O)c1ccc(NC(=S)Nc2ccc(Br)cc2Br)cc1. The lowest BCUT2D eigenvalue weighted by Gasteiger charge is -2.12. The first-order valence-corrected chi connectivity index (χ1v) is 8.09. The predicted molar refractivity (Wildman–Crippen MR) is 98.1 cm³/mol. The summed E-state index contributed by atoms with van der Waals surface area (Å²) in [6.07, 6.45) is 0. The number of anilines is 2. The largest absolute Gasteiger partial charge is 0.332 e. The zero-order valence-corrected chi connectivity index (χ0v) is 15.1. The molecule has 6 heteroatoms. The summed E-state index contributed by atoms with van der Waals surface area (Å²) in [4.78, 5) is 11.2. The Morgan fingerprint density at radius 1 is 1.05 bits per heavy atom. The average molecular weight is 428 g/mol. The fourth-order valence-electron chi connectivity index (χ4n) is 1.66. The minimum atomic E-state index is 0.0426. The summed E-state index contributed by atoms with van der Waals surface area (Å²) in [6.45, 7) is 1.54. The van der Waals surface area contributed by atoms with Crippen LogP contribution in [0.25, 0.3) is 0 Å². The van der Waals surface area contributed by atoms with Crippen LogP contribution in [0.1, 0.15) is 17.3 Å². The van der Waals surface area contributed by atoms with E-state index >= 15 is 0 Å². The maximum atomic E-state index is 11.2. The number of Topliss-reactive ketones (excluding diaryl/α,β-unsaturated/α-hetero) is 1. The molecule has 2 rings (SSSR count). The van der Waals surface area contributed by atoms with Crippen molar-refractivity contribution in [2.75, 3.05) is 10.6 Å². The Labute approximate surface area is 145 Å². The molecule has 0 fully saturated rings. The Kier molecular flexibility index (Phi) is 5.50. The summed E-state index contributed by atoms with van der Waals surface area (Å²) >= 11 is 12.1. The van der Waals surface area contributed by atoms with Gasteiger partial charge in [-0.05, 0) is 77.5 Å². The molecule has 0 spiro atoms. The first-order chi connectivity index (χ1) is 9.95. The lowest BCUT2D eigenvalue weighted by Crippen LogP contribution is -2.19. The lowest BCUT2D eigenvalue weighted by molar-refractivity contribution is 0.101. The van der Waals surface area contributed by atoms with E-state index in [-0.39, 0.29) is 5.78 Å². The third-order valence-corrected chi connectivity index (χ3v) is 4.08. The van der Waals surface area contributed by atoms with Gasteiger partial charge in [0.05, 0.1) is 5.69 Å². The molecule has 2 aromatic carbocycles. The van der Waals surface area contributed by atoms with E-state index in [0.29, 0.717) is 10.7 Å². The number of ketones is 1. The molecule has 0 unspecified atom stereocenters. The van der Waals surface area contributed by atoms with Gasteiger partial charge in [-0.3, -0.25) is 4.79 Å². The summed E-state index contributed by atoms with van der Waals surface area (Å²) in [5.74, 6) is 0.0426. The number of hydrogen-bond donors (Lipinski definition) is 2. The van der Waals surface area contributed by atoms with Crippen molar-refractivity contribution in [3.05, 3.63) is 57.0 Å². The molecule has 0 saturated heterocycles. The third-order valence-electron chi connectivity index (χ3n) is 2.73. The van der Waals surface area contributed by atoms with Crippen molar-refractivity contribution in [2.45, 2.75) is 6.92 Å². The van der Waals surface area contributed by atoms with Crippen LogP contribution in [0.15, 0.2) is 51.4 Å². The van der Waals surface area contributed by atoms with Crippen molar-refractivity contribution in [1.29, 1.82) is 0 Å². The van der Waals surface area contributed by atoms with Crippen LogP contribution >= 0.6 is 44.1 Å². The molecule has 2 N–H and O–H groups in total. The van der Waals surface area contributed by atoms with Crippen LogP contribution in [0.2, 0.25) is 0 Å². The van der Waals surface area contributed by atoms with Gasteiger partial charge in [-0.25, -0.2) is 0 Å². The van der Waals surface area contributed by atoms with Crippen LogP contribution in [0.3, 0.4) is 0 Å². The highest BCUT2D eigenvalue weighted by atomic mass is 79.9. The number of rotatable bonds is 3. The van der Waals surface area contributed by atoms with Gasteiger partial charge >= 0.3 is 0 Å². The van der Waals surface area contributed by atoms with Crippen molar-refractivity contribution >= 4 is 66.3 Å². The Morgan fingerprint density at radius 3 is 2.29 bits per heavy atom. The topological polar surface area (TPSA) is 41.1 Å². The molecule has 108 valence electrons. The van der Waals surface area contributed by atoms with E-state index in [1.807, 2.05) is 30.3 Å². The molecular formula is C15H12Br2N2OS. The van der Waals surface area contributed by atoms with Gasteiger partial charge < -0.3 is 10.6 Å². The Hall–Kier alpha value is -1.24. The van der Waals surface area contributed by atoms with E-state index in [1.165, 1.54) is 0 Å². The van der Waals surface area contributed by atoms with E-state index < -0.39 is 0 Å². The molecule has 21 heavy (non-hydrogen) atoms. The highest BCUT2D eigenvalue weighted by molar-refractivity contribution is 9.11. The zero-order chi connectivity index (χ0) is 15.4. The maximum absolute atomic E-state index is 11.2. The van der Waals surface area contributed by atoms with Gasteiger partial charge in [0.25, 0.3) is 0 Å². The van der Waals surface area contributed by atoms with Gasteiger partial charge in [0.15, 0.2) is 10.9 Å². The summed E-state index contributed by atoms with van der Waals surface area (Å²) in [5.41, 5.74) is 2.37. The predicted octanol–water partition coefficient (Wildman–Crippen LogP) is 5.22. The van der Waals surface area contributed by atoms with Crippen LogP contribution in [0, 0.1) is 0 Å². The first-order valence-electron chi connectivity index (χ1n) is 6.10. The van der Waals surface area contributed by atoms with Crippen molar-refractivity contribution in [2.24, 2.45) is 0 Å².